The number of benzene rings is 2. The van der Waals surface area contributed by atoms with Crippen LogP contribution in [-0.2, 0) is 0 Å². The normalized spacial score (nSPS) is 9.57. The number of carbonyl (C=O) groups excluding carboxylic acids is 1. The predicted octanol–water partition coefficient (Wildman–Crippen LogP) is 3.52. The van der Waals surface area contributed by atoms with E-state index in [4.69, 9.17) is 10.00 Å². The highest BCUT2D eigenvalue weighted by atomic mass is 16.5. The Labute approximate surface area is 123 Å². The Morgan fingerprint density at radius 1 is 1.19 bits per heavy atom. The average Bonchev–Trinajstić information content (AvgIpc) is 2.49. The monoisotopic (exact) mass is 281 g/mol. The van der Waals surface area contributed by atoms with Crippen LogP contribution in [0.4, 0.5) is 16.2 Å². The lowest BCUT2D eigenvalue weighted by atomic mass is 10.1. The first-order chi connectivity index (χ1) is 10.1. The molecule has 0 bridgehead atoms. The van der Waals surface area contributed by atoms with Crippen LogP contribution in [0.2, 0.25) is 0 Å². The number of nitriles is 1. The van der Waals surface area contributed by atoms with Crippen molar-refractivity contribution in [3.05, 3.63) is 53.6 Å². The molecule has 0 fully saturated rings. The second-order valence-electron chi connectivity index (χ2n) is 4.45. The standard InChI is InChI=1S/C16H15N3O2/c1-11-6-7-12(10-17)8-15(11)19-16(20)18-13-4-3-5-14(9-13)21-2/h3-9H,1-2H3,(H2,18,19,20). The molecule has 5 heteroatoms. The van der Waals surface area contributed by atoms with Gasteiger partial charge in [0.25, 0.3) is 0 Å². The number of urea groups is 1. The van der Waals surface area contributed by atoms with E-state index in [0.717, 1.165) is 5.56 Å². The third kappa shape index (κ3) is 3.74. The molecule has 2 N–H and O–H groups in total. The van der Waals surface area contributed by atoms with Crippen molar-refractivity contribution in [2.45, 2.75) is 6.92 Å². The first-order valence-corrected chi connectivity index (χ1v) is 6.35. The summed E-state index contributed by atoms with van der Waals surface area (Å²) in [5, 5.41) is 14.3. The number of nitrogens with zero attached hydrogens (tertiary/aromatic N) is 1. The summed E-state index contributed by atoms with van der Waals surface area (Å²) in [5.74, 6) is 0.662. The molecule has 0 spiro atoms. The van der Waals surface area contributed by atoms with Crippen molar-refractivity contribution in [2.75, 3.05) is 17.7 Å². The van der Waals surface area contributed by atoms with Crippen LogP contribution >= 0.6 is 0 Å². The molecule has 0 heterocycles. The van der Waals surface area contributed by atoms with Gasteiger partial charge in [-0.25, -0.2) is 4.79 Å². The van der Waals surface area contributed by atoms with Crippen molar-refractivity contribution >= 4 is 17.4 Å². The van der Waals surface area contributed by atoms with Crippen LogP contribution in [-0.4, -0.2) is 13.1 Å². The summed E-state index contributed by atoms with van der Waals surface area (Å²) in [7, 11) is 1.57. The summed E-state index contributed by atoms with van der Waals surface area (Å²) in [6, 6.07) is 13.9. The molecule has 0 radical (unpaired) electrons. The molecule has 0 saturated heterocycles. The molecule has 2 aromatic rings. The van der Waals surface area contributed by atoms with Crippen LogP contribution in [0, 0.1) is 18.3 Å². The van der Waals surface area contributed by atoms with E-state index in [1.807, 2.05) is 13.0 Å². The van der Waals surface area contributed by atoms with E-state index in [1.54, 1.807) is 49.6 Å². The Morgan fingerprint density at radius 2 is 2.00 bits per heavy atom. The Hall–Kier alpha value is -3.00. The van der Waals surface area contributed by atoms with Gasteiger partial charge in [0.1, 0.15) is 5.75 Å². The van der Waals surface area contributed by atoms with E-state index in [0.29, 0.717) is 22.7 Å². The number of rotatable bonds is 3. The summed E-state index contributed by atoms with van der Waals surface area (Å²) in [4.78, 5) is 12.0. The lowest BCUT2D eigenvalue weighted by Crippen LogP contribution is -2.20. The fourth-order valence-corrected chi connectivity index (χ4v) is 1.81. The van der Waals surface area contributed by atoms with Crippen molar-refractivity contribution < 1.29 is 9.53 Å². The van der Waals surface area contributed by atoms with Crippen molar-refractivity contribution in [3.63, 3.8) is 0 Å². The molecular weight excluding hydrogens is 266 g/mol. The van der Waals surface area contributed by atoms with E-state index < -0.39 is 0 Å². The minimum Gasteiger partial charge on any atom is -0.497 e. The Kier molecular flexibility index (Phi) is 4.42. The molecule has 2 amide bonds. The van der Waals surface area contributed by atoms with Crippen LogP contribution < -0.4 is 15.4 Å². The maximum absolute atomic E-state index is 12.0. The van der Waals surface area contributed by atoms with Crippen LogP contribution in [0.1, 0.15) is 11.1 Å². The molecule has 0 aliphatic carbocycles. The average molecular weight is 281 g/mol. The summed E-state index contributed by atoms with van der Waals surface area (Å²) < 4.78 is 5.10. The topological polar surface area (TPSA) is 74.2 Å². The van der Waals surface area contributed by atoms with E-state index in [1.165, 1.54) is 0 Å². The number of aryl methyl sites for hydroxylation is 1. The van der Waals surface area contributed by atoms with Gasteiger partial charge >= 0.3 is 6.03 Å². The number of hydrogen-bond acceptors (Lipinski definition) is 3. The first-order valence-electron chi connectivity index (χ1n) is 6.35. The summed E-state index contributed by atoms with van der Waals surface area (Å²) >= 11 is 0. The molecule has 0 aromatic heterocycles. The van der Waals surface area contributed by atoms with Gasteiger partial charge < -0.3 is 15.4 Å². The number of nitrogens with one attached hydrogen (secondary N) is 2. The summed E-state index contributed by atoms with van der Waals surface area (Å²) in [6.07, 6.45) is 0. The largest absolute Gasteiger partial charge is 0.497 e. The smallest absolute Gasteiger partial charge is 0.323 e. The van der Waals surface area contributed by atoms with Crippen molar-refractivity contribution in [3.8, 4) is 11.8 Å². The van der Waals surface area contributed by atoms with Crippen LogP contribution in [0.15, 0.2) is 42.5 Å². The lowest BCUT2D eigenvalue weighted by Gasteiger charge is -2.11. The van der Waals surface area contributed by atoms with Gasteiger partial charge in [-0.2, -0.15) is 5.26 Å². The summed E-state index contributed by atoms with van der Waals surface area (Å²) in [6.45, 7) is 1.86. The van der Waals surface area contributed by atoms with Gasteiger partial charge in [-0.1, -0.05) is 12.1 Å². The van der Waals surface area contributed by atoms with Gasteiger partial charge in [0.15, 0.2) is 0 Å². The fourth-order valence-electron chi connectivity index (χ4n) is 1.81. The number of methoxy groups -OCH3 is 1. The molecule has 5 nitrogen and oxygen atoms in total. The maximum Gasteiger partial charge on any atom is 0.323 e. The highest BCUT2D eigenvalue weighted by molar-refractivity contribution is 6.00. The zero-order chi connectivity index (χ0) is 15.2. The van der Waals surface area contributed by atoms with Gasteiger partial charge in [0.2, 0.25) is 0 Å². The number of amides is 2. The van der Waals surface area contributed by atoms with Crippen LogP contribution in [0.25, 0.3) is 0 Å². The van der Waals surface area contributed by atoms with Crippen molar-refractivity contribution in [1.82, 2.24) is 0 Å². The van der Waals surface area contributed by atoms with Gasteiger partial charge in [0, 0.05) is 17.4 Å². The maximum atomic E-state index is 12.0. The second-order valence-corrected chi connectivity index (χ2v) is 4.45. The molecule has 106 valence electrons. The zero-order valence-electron chi connectivity index (χ0n) is 11.8. The Balaban J connectivity index is 2.10. The quantitative estimate of drug-likeness (QED) is 0.904. The molecule has 21 heavy (non-hydrogen) atoms. The number of hydrogen-bond donors (Lipinski definition) is 2. The van der Waals surface area contributed by atoms with Gasteiger partial charge in [-0.05, 0) is 36.8 Å². The molecular formula is C16H15N3O2. The second kappa shape index (κ2) is 6.44. The number of ether oxygens (including phenoxy) is 1. The molecule has 0 unspecified atom stereocenters. The van der Waals surface area contributed by atoms with E-state index in [-0.39, 0.29) is 6.03 Å². The molecule has 0 aliphatic heterocycles. The highest BCUT2D eigenvalue weighted by Crippen LogP contribution is 2.19. The van der Waals surface area contributed by atoms with E-state index >= 15 is 0 Å². The molecule has 2 rings (SSSR count). The van der Waals surface area contributed by atoms with Crippen LogP contribution in [0.3, 0.4) is 0 Å². The molecule has 0 aliphatic rings. The van der Waals surface area contributed by atoms with Crippen LogP contribution in [0.5, 0.6) is 5.75 Å². The van der Waals surface area contributed by atoms with E-state index in [9.17, 15) is 4.79 Å². The lowest BCUT2D eigenvalue weighted by molar-refractivity contribution is 0.262. The molecule has 2 aromatic carbocycles. The van der Waals surface area contributed by atoms with Gasteiger partial charge in [-0.15, -0.1) is 0 Å². The minimum atomic E-state index is -0.374. The van der Waals surface area contributed by atoms with Gasteiger partial charge in [0.05, 0.1) is 18.7 Å². The third-order valence-electron chi connectivity index (χ3n) is 2.94. The Morgan fingerprint density at radius 3 is 2.71 bits per heavy atom. The number of carbonyl (C=O) groups is 1. The fraction of sp³-hybridized carbons (Fsp3) is 0.125. The summed E-state index contributed by atoms with van der Waals surface area (Å²) in [5.41, 5.74) is 2.61. The van der Waals surface area contributed by atoms with Crippen molar-refractivity contribution in [1.29, 1.82) is 5.26 Å². The van der Waals surface area contributed by atoms with E-state index in [2.05, 4.69) is 10.6 Å². The van der Waals surface area contributed by atoms with Gasteiger partial charge in [-0.3, -0.25) is 0 Å². The van der Waals surface area contributed by atoms with Crippen molar-refractivity contribution in [2.24, 2.45) is 0 Å². The third-order valence-corrected chi connectivity index (χ3v) is 2.94. The molecule has 0 atom stereocenters. The SMILES string of the molecule is COc1cccc(NC(=O)Nc2cc(C#N)ccc2C)c1. The zero-order valence-corrected chi connectivity index (χ0v) is 11.8. The minimum absolute atomic E-state index is 0.374. The highest BCUT2D eigenvalue weighted by Gasteiger charge is 2.06. The number of anilines is 2. The first kappa shape index (κ1) is 14.4. The predicted molar refractivity (Wildman–Crippen MR) is 81.5 cm³/mol. The molecule has 0 saturated carbocycles. The Bertz CT molecular complexity index is 705.